The van der Waals surface area contributed by atoms with Gasteiger partial charge in [0.1, 0.15) is 6.61 Å². The third-order valence-electron chi connectivity index (χ3n) is 4.47. The zero-order valence-electron chi connectivity index (χ0n) is 14.7. The van der Waals surface area contributed by atoms with Crippen LogP contribution in [0.5, 0.6) is 0 Å². The van der Waals surface area contributed by atoms with Crippen molar-refractivity contribution in [2.45, 2.75) is 20.5 Å². The summed E-state index contributed by atoms with van der Waals surface area (Å²) in [6, 6.07) is 21.8. The summed E-state index contributed by atoms with van der Waals surface area (Å²) in [6.45, 7) is 6.41. The maximum absolute atomic E-state index is 12.3. The second kappa shape index (κ2) is 7.84. The summed E-state index contributed by atoms with van der Waals surface area (Å²) in [5, 5.41) is 2.27. The Hall–Kier alpha value is -2.81. The van der Waals surface area contributed by atoms with Gasteiger partial charge in [0.15, 0.2) is 0 Å². The molecular formula is C22H23NO2. The van der Waals surface area contributed by atoms with Crippen molar-refractivity contribution in [2.24, 2.45) is 0 Å². The fourth-order valence-electron chi connectivity index (χ4n) is 3.04. The maximum atomic E-state index is 12.3. The predicted molar refractivity (Wildman–Crippen MR) is 103 cm³/mol. The van der Waals surface area contributed by atoms with Gasteiger partial charge in [0, 0.05) is 18.8 Å². The van der Waals surface area contributed by atoms with Gasteiger partial charge in [-0.1, -0.05) is 42.5 Å². The maximum Gasteiger partial charge on any atom is 0.338 e. The van der Waals surface area contributed by atoms with Gasteiger partial charge in [-0.25, -0.2) is 4.79 Å². The van der Waals surface area contributed by atoms with Crippen molar-refractivity contribution in [2.75, 3.05) is 18.0 Å². The molecule has 25 heavy (non-hydrogen) atoms. The molecule has 0 saturated carbocycles. The fourth-order valence-corrected chi connectivity index (χ4v) is 3.04. The summed E-state index contributed by atoms with van der Waals surface area (Å²) >= 11 is 0. The van der Waals surface area contributed by atoms with Gasteiger partial charge in [0.25, 0.3) is 0 Å². The Balaban J connectivity index is 1.70. The van der Waals surface area contributed by atoms with Crippen LogP contribution in [-0.4, -0.2) is 19.1 Å². The van der Waals surface area contributed by atoms with E-state index in [4.69, 9.17) is 4.74 Å². The van der Waals surface area contributed by atoms with Crippen LogP contribution in [0.15, 0.2) is 66.7 Å². The third-order valence-corrected chi connectivity index (χ3v) is 4.47. The van der Waals surface area contributed by atoms with Gasteiger partial charge < -0.3 is 9.64 Å². The Morgan fingerprint density at radius 3 is 2.28 bits per heavy atom. The highest BCUT2D eigenvalue weighted by atomic mass is 16.5. The molecule has 0 fully saturated rings. The second-order valence-electron chi connectivity index (χ2n) is 5.93. The van der Waals surface area contributed by atoms with E-state index in [-0.39, 0.29) is 12.6 Å². The van der Waals surface area contributed by atoms with E-state index in [1.165, 1.54) is 0 Å². The number of fused-ring (bicyclic) bond motifs is 1. The van der Waals surface area contributed by atoms with Crippen LogP contribution in [-0.2, 0) is 11.3 Å². The van der Waals surface area contributed by atoms with E-state index in [1.807, 2.05) is 48.5 Å². The first-order valence-electron chi connectivity index (χ1n) is 8.71. The SMILES string of the molecule is CCN(CC)c1ccc(C(=O)OCc2cccc3ccccc23)cc1. The molecular weight excluding hydrogens is 310 g/mol. The first-order valence-corrected chi connectivity index (χ1v) is 8.71. The molecule has 3 aromatic carbocycles. The number of hydrogen-bond donors (Lipinski definition) is 0. The number of anilines is 1. The summed E-state index contributed by atoms with van der Waals surface area (Å²) < 4.78 is 5.52. The Labute approximate surface area is 148 Å². The van der Waals surface area contributed by atoms with Crippen molar-refractivity contribution in [1.82, 2.24) is 0 Å². The molecule has 3 rings (SSSR count). The summed E-state index contributed by atoms with van der Waals surface area (Å²) in [6.07, 6.45) is 0. The van der Waals surface area contributed by atoms with Crippen LogP contribution < -0.4 is 4.90 Å². The summed E-state index contributed by atoms with van der Waals surface area (Å²) in [7, 11) is 0. The summed E-state index contributed by atoms with van der Waals surface area (Å²) in [5.41, 5.74) is 2.72. The minimum atomic E-state index is -0.293. The van der Waals surface area contributed by atoms with E-state index >= 15 is 0 Å². The van der Waals surface area contributed by atoms with Gasteiger partial charge in [-0.15, -0.1) is 0 Å². The molecule has 0 spiro atoms. The first-order chi connectivity index (χ1) is 12.2. The van der Waals surface area contributed by atoms with Crippen molar-refractivity contribution in [3.8, 4) is 0 Å². The molecule has 0 aliphatic rings. The average molecular weight is 333 g/mol. The molecule has 0 atom stereocenters. The van der Waals surface area contributed by atoms with E-state index in [1.54, 1.807) is 0 Å². The van der Waals surface area contributed by atoms with Crippen molar-refractivity contribution in [1.29, 1.82) is 0 Å². The zero-order chi connectivity index (χ0) is 17.6. The number of carbonyl (C=O) groups excluding carboxylic acids is 1. The van der Waals surface area contributed by atoms with Gasteiger partial charge in [0.05, 0.1) is 5.56 Å². The topological polar surface area (TPSA) is 29.5 Å². The molecule has 3 nitrogen and oxygen atoms in total. The Kier molecular flexibility index (Phi) is 5.34. The van der Waals surface area contributed by atoms with E-state index < -0.39 is 0 Å². The van der Waals surface area contributed by atoms with Crippen molar-refractivity contribution < 1.29 is 9.53 Å². The number of carbonyl (C=O) groups is 1. The molecule has 0 amide bonds. The van der Waals surface area contributed by atoms with Crippen molar-refractivity contribution in [3.05, 3.63) is 77.9 Å². The standard InChI is InChI=1S/C22H23NO2/c1-3-23(4-2)20-14-12-18(13-15-20)22(24)25-16-19-10-7-9-17-8-5-6-11-21(17)19/h5-15H,3-4,16H2,1-2H3. The van der Waals surface area contributed by atoms with Crippen LogP contribution >= 0.6 is 0 Å². The number of hydrogen-bond acceptors (Lipinski definition) is 3. The summed E-state index contributed by atoms with van der Waals surface area (Å²) in [5.74, 6) is -0.293. The van der Waals surface area contributed by atoms with Gasteiger partial charge in [0.2, 0.25) is 0 Å². The molecule has 0 aliphatic heterocycles. The van der Waals surface area contributed by atoms with Gasteiger partial charge in [-0.05, 0) is 54.4 Å². The van der Waals surface area contributed by atoms with Crippen LogP contribution in [0.3, 0.4) is 0 Å². The molecule has 0 bridgehead atoms. The molecule has 0 saturated heterocycles. The Bertz CT molecular complexity index is 846. The lowest BCUT2D eigenvalue weighted by atomic mass is 10.1. The van der Waals surface area contributed by atoms with E-state index in [0.29, 0.717) is 5.56 Å². The third kappa shape index (κ3) is 3.82. The largest absolute Gasteiger partial charge is 0.457 e. The number of ether oxygens (including phenoxy) is 1. The molecule has 0 aliphatic carbocycles. The van der Waals surface area contributed by atoms with Gasteiger partial charge in [-0.3, -0.25) is 0 Å². The first kappa shape index (κ1) is 17.0. The minimum Gasteiger partial charge on any atom is -0.457 e. The predicted octanol–water partition coefficient (Wildman–Crippen LogP) is 5.04. The average Bonchev–Trinajstić information content (AvgIpc) is 2.67. The molecule has 128 valence electrons. The van der Waals surface area contributed by atoms with E-state index in [0.717, 1.165) is 35.1 Å². The Morgan fingerprint density at radius 2 is 1.56 bits per heavy atom. The monoisotopic (exact) mass is 333 g/mol. The van der Waals surface area contributed by atoms with Gasteiger partial charge >= 0.3 is 5.97 Å². The normalized spacial score (nSPS) is 10.6. The number of benzene rings is 3. The van der Waals surface area contributed by atoms with E-state index in [2.05, 4.69) is 36.9 Å². The van der Waals surface area contributed by atoms with Crippen LogP contribution in [0, 0.1) is 0 Å². The second-order valence-corrected chi connectivity index (χ2v) is 5.93. The Morgan fingerprint density at radius 1 is 0.880 bits per heavy atom. The quantitative estimate of drug-likeness (QED) is 0.592. The van der Waals surface area contributed by atoms with Crippen molar-refractivity contribution in [3.63, 3.8) is 0 Å². The molecule has 0 aromatic heterocycles. The van der Waals surface area contributed by atoms with E-state index in [9.17, 15) is 4.79 Å². The molecule has 0 heterocycles. The van der Waals surface area contributed by atoms with Crippen LogP contribution in [0.2, 0.25) is 0 Å². The molecule has 3 aromatic rings. The van der Waals surface area contributed by atoms with Crippen LogP contribution in [0.25, 0.3) is 10.8 Å². The highest BCUT2D eigenvalue weighted by molar-refractivity contribution is 5.90. The highest BCUT2D eigenvalue weighted by Crippen LogP contribution is 2.20. The smallest absolute Gasteiger partial charge is 0.338 e. The highest BCUT2D eigenvalue weighted by Gasteiger charge is 2.10. The number of esters is 1. The number of nitrogens with zero attached hydrogens (tertiary/aromatic N) is 1. The van der Waals surface area contributed by atoms with Crippen LogP contribution in [0.1, 0.15) is 29.8 Å². The molecule has 0 unspecified atom stereocenters. The fraction of sp³-hybridized carbons (Fsp3) is 0.227. The lowest BCUT2D eigenvalue weighted by Gasteiger charge is -2.20. The minimum absolute atomic E-state index is 0.276. The van der Waals surface area contributed by atoms with Gasteiger partial charge in [-0.2, -0.15) is 0 Å². The number of rotatable bonds is 6. The summed E-state index contributed by atoms with van der Waals surface area (Å²) in [4.78, 5) is 14.6. The van der Waals surface area contributed by atoms with Crippen LogP contribution in [0.4, 0.5) is 5.69 Å². The lowest BCUT2D eigenvalue weighted by Crippen LogP contribution is -2.21. The molecule has 0 radical (unpaired) electrons. The van der Waals surface area contributed by atoms with Crippen molar-refractivity contribution >= 4 is 22.4 Å². The molecule has 0 N–H and O–H groups in total. The zero-order valence-corrected chi connectivity index (χ0v) is 14.7. The molecule has 3 heteroatoms. The lowest BCUT2D eigenvalue weighted by molar-refractivity contribution is 0.0474.